The molecule has 14 nitrogen and oxygen atoms in total. The van der Waals surface area contributed by atoms with Gasteiger partial charge in [0.05, 0.1) is 73.6 Å². The largest absolute Gasteiger partial charge is 0.512 e. The van der Waals surface area contributed by atoms with Crippen molar-refractivity contribution in [2.24, 2.45) is 7.05 Å². The first-order valence-electron chi connectivity index (χ1n) is 38.6. The van der Waals surface area contributed by atoms with E-state index in [2.05, 4.69) is 203 Å². The molecule has 14 aromatic carbocycles. The summed E-state index contributed by atoms with van der Waals surface area (Å²) in [7, 11) is 1.98. The van der Waals surface area contributed by atoms with Gasteiger partial charge in [-0.15, -0.1) is 209 Å². The van der Waals surface area contributed by atoms with Crippen molar-refractivity contribution in [2.75, 3.05) is 0 Å². The van der Waals surface area contributed by atoms with E-state index in [0.717, 1.165) is 118 Å². The Hall–Kier alpha value is -11.8. The van der Waals surface area contributed by atoms with Crippen molar-refractivity contribution >= 4 is 66.2 Å². The Morgan fingerprint density at radius 2 is 0.685 bits per heavy atom. The van der Waals surface area contributed by atoms with Gasteiger partial charge in [0.2, 0.25) is 0 Å². The van der Waals surface area contributed by atoms with Gasteiger partial charge in [-0.3, -0.25) is 34.7 Å². The summed E-state index contributed by atoms with van der Waals surface area (Å²) in [6.07, 6.45) is 12.5. The molecule has 0 bridgehead atoms. The van der Waals surface area contributed by atoms with Crippen molar-refractivity contribution < 1.29 is 131 Å². The van der Waals surface area contributed by atoms with Crippen molar-refractivity contribution in [2.45, 2.75) is 27.7 Å². The number of aliphatic hydroxyl groups is 1. The molecule has 0 saturated carbocycles. The van der Waals surface area contributed by atoms with Crippen LogP contribution in [-0.4, -0.2) is 68.0 Å². The maximum absolute atomic E-state index is 10.0. The number of fused-ring (bicyclic) bond motifs is 10. The second-order valence-electron chi connectivity index (χ2n) is 27.4. The van der Waals surface area contributed by atoms with Gasteiger partial charge < -0.3 is 32.3 Å². The SMILES string of the molecule is CC(=O)C=C(C)O.Cc1cccc(C)c1-n1ccnc1-c1[c-]cccc1.Cn1ccnc1-c1[c-]cccc1.[Ir].[Ir].[Ir].[Ir].[Ir].[Ir].[c-]1cccc2c1c1nc3ccccc3n1c1ccccc21.[c-]1ccccc1-c1nc2ccccc2n1-c1ccccc1.[c-]1ccccc1-c1nc2ccccc2n1-c1ccccc1.[c-]1ccccc1-c1nccn1-c1ccccc1. The van der Waals surface area contributed by atoms with Crippen LogP contribution in [0.1, 0.15) is 25.0 Å². The van der Waals surface area contributed by atoms with Crippen LogP contribution in [0.5, 0.6) is 0 Å². The van der Waals surface area contributed by atoms with Gasteiger partial charge in [0, 0.05) is 199 Å². The molecule has 6 radical (unpaired) electrons. The average Bonchev–Trinajstić information content (AvgIpc) is 1.48. The molecule has 0 spiro atoms. The molecule has 0 fully saturated rings. The number of nitrogens with zero attached hydrogens (tertiary/aromatic N) is 12. The van der Waals surface area contributed by atoms with E-state index in [4.69, 9.17) is 20.1 Å². The maximum Gasteiger partial charge on any atom is 0.155 e. The molecule has 0 aliphatic heterocycles. The normalized spacial score (nSPS) is 10.3. The molecule has 0 amide bonds. The van der Waals surface area contributed by atoms with Gasteiger partial charge >= 0.3 is 0 Å². The Balaban J connectivity index is 0.000000165. The van der Waals surface area contributed by atoms with E-state index in [9.17, 15) is 4.79 Å². The molecular formula is C104H80Ir6N12O2-6. The molecule has 7 heterocycles. The fourth-order valence-electron chi connectivity index (χ4n) is 14.0. The van der Waals surface area contributed by atoms with Crippen LogP contribution in [0, 0.1) is 50.2 Å². The molecule has 0 unspecified atom stereocenters. The van der Waals surface area contributed by atoms with Crippen molar-refractivity contribution in [3.05, 3.63) is 442 Å². The molecule has 7 aromatic heterocycles. The molecule has 0 saturated heterocycles. The first-order chi connectivity index (χ1) is 58.0. The third kappa shape index (κ3) is 23.0. The number of aliphatic hydroxyl groups excluding tert-OH is 1. The summed E-state index contributed by atoms with van der Waals surface area (Å²) in [6, 6.07) is 135. The molecule has 20 heteroatoms. The summed E-state index contributed by atoms with van der Waals surface area (Å²) >= 11 is 0. The van der Waals surface area contributed by atoms with Gasteiger partial charge in [-0.25, -0.2) is 0 Å². The summed E-state index contributed by atoms with van der Waals surface area (Å²) in [5, 5.41) is 11.9. The number of carbonyl (C=O) groups excluding carboxylic acids is 1. The van der Waals surface area contributed by atoms with Crippen molar-refractivity contribution in [1.29, 1.82) is 0 Å². The van der Waals surface area contributed by atoms with E-state index in [-0.39, 0.29) is 132 Å². The molecule has 1 N–H and O–H groups in total. The van der Waals surface area contributed by atoms with Gasteiger partial charge in [0.15, 0.2) is 5.78 Å². The Morgan fingerprint density at radius 3 is 1.11 bits per heavy atom. The van der Waals surface area contributed by atoms with E-state index >= 15 is 0 Å². The number of carbonyl (C=O) groups is 1. The molecule has 0 atom stereocenters. The third-order valence-corrected chi connectivity index (χ3v) is 19.2. The van der Waals surface area contributed by atoms with Crippen LogP contribution >= 0.6 is 0 Å². The van der Waals surface area contributed by atoms with E-state index in [1.807, 2.05) is 273 Å². The van der Waals surface area contributed by atoms with Crippen molar-refractivity contribution in [1.82, 2.24) is 57.1 Å². The fourth-order valence-corrected chi connectivity index (χ4v) is 14.0. The molecule has 124 heavy (non-hydrogen) atoms. The van der Waals surface area contributed by atoms with Crippen molar-refractivity contribution in [3.63, 3.8) is 0 Å². The summed E-state index contributed by atoms with van der Waals surface area (Å²) in [5.41, 5.74) is 20.6. The van der Waals surface area contributed by atoms with Crippen LogP contribution in [0.3, 0.4) is 0 Å². The minimum atomic E-state index is -0.125. The molecule has 21 rings (SSSR count). The van der Waals surface area contributed by atoms with Gasteiger partial charge in [-0.1, -0.05) is 133 Å². The number of hydrogen-bond acceptors (Lipinski definition) is 8. The minimum absolute atomic E-state index is 0. The Labute approximate surface area is 802 Å². The average molecular weight is 2680 g/mol. The zero-order valence-corrected chi connectivity index (χ0v) is 82.0. The number of aromatic nitrogens is 12. The van der Waals surface area contributed by atoms with E-state index in [0.29, 0.717) is 0 Å². The number of rotatable bonds is 10. The quantitative estimate of drug-likeness (QED) is 0.0617. The summed E-state index contributed by atoms with van der Waals surface area (Å²) in [4.78, 5) is 37.5. The summed E-state index contributed by atoms with van der Waals surface area (Å²) < 4.78 is 12.8. The Kier molecular flexibility index (Phi) is 36.6. The number of pyridine rings is 1. The third-order valence-electron chi connectivity index (χ3n) is 19.2. The topological polar surface area (TPSA) is 144 Å². The smallest absolute Gasteiger partial charge is 0.155 e. The summed E-state index contributed by atoms with van der Waals surface area (Å²) in [6.45, 7) is 7.10. The molecule has 21 aromatic rings. The predicted octanol–water partition coefficient (Wildman–Crippen LogP) is 23.8. The summed E-state index contributed by atoms with van der Waals surface area (Å²) in [5.74, 6) is 4.57. The molecule has 0 aliphatic carbocycles. The second-order valence-corrected chi connectivity index (χ2v) is 27.4. The molecule has 628 valence electrons. The first kappa shape index (κ1) is 96.1. The monoisotopic (exact) mass is 2690 g/mol. The Morgan fingerprint density at radius 1 is 0.331 bits per heavy atom. The number of aryl methyl sites for hydroxylation is 3. The Bertz CT molecular complexity index is 6680. The van der Waals surface area contributed by atoms with Gasteiger partial charge in [0.25, 0.3) is 0 Å². The van der Waals surface area contributed by atoms with E-state index < -0.39 is 0 Å². The van der Waals surface area contributed by atoms with Crippen LogP contribution in [0.4, 0.5) is 0 Å². The zero-order chi connectivity index (χ0) is 80.9. The predicted molar refractivity (Wildman–Crippen MR) is 477 cm³/mol. The zero-order valence-electron chi connectivity index (χ0n) is 67.7. The van der Waals surface area contributed by atoms with Gasteiger partial charge in [-0.05, 0) is 123 Å². The van der Waals surface area contributed by atoms with E-state index in [1.54, 1.807) is 6.20 Å². The van der Waals surface area contributed by atoms with Crippen LogP contribution in [-0.2, 0) is 132 Å². The standard InChI is InChI=1S/C19H11N2.2C19H13N2.C17H15N2.C15H11N2.C10H9N2.C5H8O2.6Ir/c1-2-9-15-13(7-1)14-8-3-5-11-17(14)21-18-12-6-4-10-16(18)20-19(15)21;2*1-3-9-15(10-4-1)19-20-17-13-7-8-14-18(17)21(19)16-11-5-2-6-12-16;1-13-7-6-8-14(2)16(13)19-12-11-18-17(19)15-9-4-3-5-10-15;1-3-7-13(8-4-1)15-16-11-12-17(15)14-9-5-2-6-10-14;1-12-8-7-11-10(12)9-5-3-2-4-6-9;1-4(6)3-5(2)7;;;;;;/h1-8,10-12H;2*1-9,11-14H;3-9,11-12H,1-2H3;1-7,9-12H;2-5,7-8H,1H3;3,6H,1-2H3;;;;;;/q6*-1;;;;;;;. The first-order valence-corrected chi connectivity index (χ1v) is 38.6. The number of para-hydroxylation sites is 11. The van der Waals surface area contributed by atoms with E-state index in [1.165, 1.54) is 53.0 Å². The molecule has 0 aliphatic rings. The maximum atomic E-state index is 10.0. The van der Waals surface area contributed by atoms with Gasteiger partial charge in [0.1, 0.15) is 0 Å². The van der Waals surface area contributed by atoms with Crippen LogP contribution < -0.4 is 0 Å². The number of benzene rings is 14. The number of allylic oxidation sites excluding steroid dienone is 2. The second kappa shape index (κ2) is 47.2. The fraction of sp³-hybridized carbons (Fsp3) is 0.0481. The number of imidazole rings is 6. The van der Waals surface area contributed by atoms with Crippen LogP contribution in [0.15, 0.2) is 395 Å². The number of hydrogen-bond donors (Lipinski definition) is 1. The molecular weight excluding hydrogens is 2600 g/mol. The van der Waals surface area contributed by atoms with Crippen LogP contribution in [0.2, 0.25) is 0 Å². The number of ketones is 1. The van der Waals surface area contributed by atoms with Crippen LogP contribution in [0.25, 0.3) is 140 Å². The van der Waals surface area contributed by atoms with Crippen molar-refractivity contribution in [3.8, 4) is 79.7 Å². The van der Waals surface area contributed by atoms with Gasteiger partial charge in [-0.2, -0.15) is 0 Å². The minimum Gasteiger partial charge on any atom is -0.512 e.